The van der Waals surface area contributed by atoms with Gasteiger partial charge in [-0.1, -0.05) is 13.8 Å². The summed E-state index contributed by atoms with van der Waals surface area (Å²) in [6.45, 7) is 8.90. The molecule has 38 heavy (non-hydrogen) atoms. The van der Waals surface area contributed by atoms with Gasteiger partial charge in [0.25, 0.3) is 0 Å². The first kappa shape index (κ1) is 23.9. The van der Waals surface area contributed by atoms with E-state index in [1.54, 1.807) is 24.5 Å². The Kier molecular flexibility index (Phi) is 6.62. The highest BCUT2D eigenvalue weighted by molar-refractivity contribution is 7.13. The lowest BCUT2D eigenvalue weighted by molar-refractivity contribution is 0.802. The first-order chi connectivity index (χ1) is 19.0. The van der Waals surface area contributed by atoms with Gasteiger partial charge < -0.3 is 15.5 Å². The Morgan fingerprint density at radius 1 is 0.763 bits per heavy atom. The van der Waals surface area contributed by atoms with Crippen LogP contribution in [0.5, 0.6) is 0 Å². The van der Waals surface area contributed by atoms with Crippen LogP contribution in [-0.2, 0) is 0 Å². The number of rotatable bonds is 4. The molecule has 6 heterocycles. The predicted octanol–water partition coefficient (Wildman–Crippen LogP) is 5.03. The van der Waals surface area contributed by atoms with E-state index < -0.39 is 0 Å². The third-order valence-electron chi connectivity index (χ3n) is 7.46. The summed E-state index contributed by atoms with van der Waals surface area (Å²) in [4.78, 5) is 31.3. The summed E-state index contributed by atoms with van der Waals surface area (Å²) in [5.41, 5.74) is 8.32. The van der Waals surface area contributed by atoms with Crippen molar-refractivity contribution in [2.24, 2.45) is 23.7 Å². The van der Waals surface area contributed by atoms with Crippen molar-refractivity contribution in [2.45, 2.75) is 33.6 Å². The monoisotopic (exact) mass is 548 g/mol. The normalized spacial score (nSPS) is 24.4. The van der Waals surface area contributed by atoms with Crippen molar-refractivity contribution in [3.8, 4) is 21.4 Å². The fourth-order valence-corrected chi connectivity index (χ4v) is 6.66. The van der Waals surface area contributed by atoms with Crippen LogP contribution in [0.25, 0.3) is 21.4 Å². The molecule has 4 unspecified atom stereocenters. The molecule has 11 heteroatoms. The second-order valence-electron chi connectivity index (χ2n) is 10.2. The number of fused-ring (bicyclic) bond motifs is 2. The van der Waals surface area contributed by atoms with Gasteiger partial charge in [-0.2, -0.15) is 0 Å². The Hall–Kier alpha value is -3.18. The fourth-order valence-electron chi connectivity index (χ4n) is 5.24. The quantitative estimate of drug-likeness (QED) is 0.375. The van der Waals surface area contributed by atoms with Gasteiger partial charge in [-0.15, -0.1) is 22.7 Å². The smallest absolute Gasteiger partial charge is 0.147 e. The Bertz CT molecular complexity index is 1270. The molecule has 4 atom stereocenters. The minimum absolute atomic E-state index is 0.500. The first-order valence-electron chi connectivity index (χ1n) is 13.8. The van der Waals surface area contributed by atoms with Gasteiger partial charge in [-0.05, 0) is 43.4 Å². The molecule has 2 aliphatic carbocycles. The van der Waals surface area contributed by atoms with Crippen molar-refractivity contribution >= 4 is 40.1 Å². The topological polar surface area (TPSA) is 110 Å². The lowest BCUT2D eigenvalue weighted by Gasteiger charge is -2.18. The number of aryl methyl sites for hydroxylation is 1. The van der Waals surface area contributed by atoms with Crippen LogP contribution in [-0.4, -0.2) is 56.1 Å². The number of nitrogens with zero attached hydrogens (tertiary/aromatic N) is 8. The molecule has 4 aromatic rings. The second-order valence-corrected chi connectivity index (χ2v) is 11.9. The van der Waals surface area contributed by atoms with E-state index in [4.69, 9.17) is 7.10 Å². The minimum Gasteiger partial charge on any atom is -0.383 e. The molecule has 4 fully saturated rings. The molecule has 0 amide bonds. The summed E-state index contributed by atoms with van der Waals surface area (Å²) in [5.74, 6) is 6.20. The van der Waals surface area contributed by atoms with Crippen LogP contribution in [0.15, 0.2) is 35.5 Å². The molecule has 0 aromatic carbocycles. The molecule has 0 radical (unpaired) electrons. The maximum atomic E-state index is 6.21. The average molecular weight is 549 g/mol. The zero-order chi connectivity index (χ0) is 26.9. The highest BCUT2D eigenvalue weighted by Crippen LogP contribution is 2.46. The molecule has 8 rings (SSSR count). The molecular formula is C27H33N9S2. The second kappa shape index (κ2) is 10.5. The number of nitrogens with two attached hydrogens (primary N) is 1. The zero-order valence-corrected chi connectivity index (χ0v) is 23.3. The highest BCUT2D eigenvalue weighted by Gasteiger charge is 2.46. The van der Waals surface area contributed by atoms with E-state index in [1.807, 2.05) is 36.3 Å². The molecule has 2 saturated carbocycles. The van der Waals surface area contributed by atoms with Crippen LogP contribution >= 0.6 is 22.7 Å². The van der Waals surface area contributed by atoms with E-state index in [2.05, 4.69) is 39.7 Å². The maximum absolute atomic E-state index is 6.21. The average Bonchev–Trinajstić information content (AvgIpc) is 3.52. The highest BCUT2D eigenvalue weighted by atomic mass is 32.1. The summed E-state index contributed by atoms with van der Waals surface area (Å²) in [6, 6.07) is 0. The van der Waals surface area contributed by atoms with Gasteiger partial charge >= 0.3 is 0 Å². The number of anilines is 3. The van der Waals surface area contributed by atoms with Gasteiger partial charge in [0.1, 0.15) is 38.9 Å². The molecule has 9 nitrogen and oxygen atoms in total. The number of hydrogen-bond donors (Lipinski definition) is 1. The SMILES string of the molecule is Cc1csc(-c2cnc(N3CC4CC4C3)cn2)n1.Nc1csc(-c2cnc(N3CC4CC4C3)cn2)n1.[2H]CC. The van der Waals surface area contributed by atoms with Gasteiger partial charge in [0.15, 0.2) is 0 Å². The molecule has 0 spiro atoms. The first-order valence-corrected chi connectivity index (χ1v) is 14.8. The number of hydrogen-bond acceptors (Lipinski definition) is 11. The lowest BCUT2D eigenvalue weighted by atomic mass is 10.4. The third-order valence-corrected chi connectivity index (χ3v) is 9.33. The molecule has 0 bridgehead atoms. The van der Waals surface area contributed by atoms with E-state index >= 15 is 0 Å². The van der Waals surface area contributed by atoms with Crippen molar-refractivity contribution in [3.05, 3.63) is 41.2 Å². The Morgan fingerprint density at radius 3 is 1.61 bits per heavy atom. The molecule has 198 valence electrons. The van der Waals surface area contributed by atoms with E-state index in [1.165, 1.54) is 24.2 Å². The van der Waals surface area contributed by atoms with E-state index in [9.17, 15) is 0 Å². The lowest BCUT2D eigenvalue weighted by Crippen LogP contribution is -2.22. The van der Waals surface area contributed by atoms with Crippen molar-refractivity contribution in [1.82, 2.24) is 29.9 Å². The largest absolute Gasteiger partial charge is 0.383 e. The van der Waals surface area contributed by atoms with Crippen LogP contribution in [0, 0.1) is 30.6 Å². The van der Waals surface area contributed by atoms with Crippen molar-refractivity contribution in [3.63, 3.8) is 0 Å². The minimum atomic E-state index is 0.500. The van der Waals surface area contributed by atoms with Crippen LogP contribution < -0.4 is 15.5 Å². The standard InChI is InChI=1S/C13H14N4S.C12H13N5S.C2H6/c1-8-7-18-13(16-8)11-3-15-12(4-14-11)17-5-9-2-10(9)6-17;13-10-6-18-12(16-10)9-2-15-11(3-14-9)17-4-7-1-8(7)5-17;1-2/h3-4,7,9-10H,2,5-6H2,1H3;2-3,6-8H,1,4-5,13H2;1-2H3/i;;1D. The van der Waals surface area contributed by atoms with Gasteiger partial charge in [0.05, 0.1) is 24.8 Å². The predicted molar refractivity (Wildman–Crippen MR) is 154 cm³/mol. The zero-order valence-electron chi connectivity index (χ0n) is 22.7. The molecule has 4 aliphatic rings. The fraction of sp³-hybridized carbons (Fsp3) is 0.481. The summed E-state index contributed by atoms with van der Waals surface area (Å²) in [6.07, 6.45) is 10.2. The number of thiazole rings is 2. The Labute approximate surface area is 232 Å². The molecule has 2 saturated heterocycles. The number of piperidine rings is 2. The van der Waals surface area contributed by atoms with Crippen molar-refractivity contribution in [1.29, 1.82) is 0 Å². The van der Waals surface area contributed by atoms with E-state index in [-0.39, 0.29) is 0 Å². The summed E-state index contributed by atoms with van der Waals surface area (Å²) in [7, 11) is 0. The van der Waals surface area contributed by atoms with E-state index in [0.717, 1.165) is 88.6 Å². The van der Waals surface area contributed by atoms with Gasteiger partial charge in [-0.3, -0.25) is 0 Å². The van der Waals surface area contributed by atoms with Crippen LogP contribution in [0.2, 0.25) is 0 Å². The summed E-state index contributed by atoms with van der Waals surface area (Å²) >= 11 is 3.12. The molecule has 2 N–H and O–H groups in total. The number of nitrogen functional groups attached to an aromatic ring is 1. The van der Waals surface area contributed by atoms with Crippen LogP contribution in [0.3, 0.4) is 0 Å². The van der Waals surface area contributed by atoms with Crippen molar-refractivity contribution in [2.75, 3.05) is 41.7 Å². The van der Waals surface area contributed by atoms with E-state index in [0.29, 0.717) is 12.7 Å². The van der Waals surface area contributed by atoms with Crippen LogP contribution in [0.4, 0.5) is 17.5 Å². The molecule has 2 aliphatic heterocycles. The summed E-state index contributed by atoms with van der Waals surface area (Å²) in [5, 5.41) is 5.64. The van der Waals surface area contributed by atoms with Crippen LogP contribution in [0.1, 0.15) is 33.7 Å². The Balaban J connectivity index is 0.000000129. The van der Waals surface area contributed by atoms with Crippen molar-refractivity contribution < 1.29 is 1.37 Å². The summed E-state index contributed by atoms with van der Waals surface area (Å²) < 4.78 is 6.21. The van der Waals surface area contributed by atoms with Gasteiger partial charge in [0.2, 0.25) is 0 Å². The Morgan fingerprint density at radius 2 is 1.24 bits per heavy atom. The van der Waals surface area contributed by atoms with Gasteiger partial charge in [0, 0.05) is 44.0 Å². The van der Waals surface area contributed by atoms with Gasteiger partial charge in [-0.25, -0.2) is 29.9 Å². The number of aromatic nitrogens is 6. The molecular weight excluding hydrogens is 514 g/mol. The maximum Gasteiger partial charge on any atom is 0.147 e. The molecule has 4 aromatic heterocycles. The third kappa shape index (κ3) is 5.35.